The standard InChI is InChI=1S/C21H23N3O5/c1-27-10-6-9-22-20(25)19-17-7-4-5-8-18(17)21(26)24(23-19)14-11-15(28-2)13-16(12-14)29-3/h4-5,7-8,11-13H,6,9-10H2,1-3H3,(H,22,25). The van der Waals surface area contributed by atoms with E-state index in [-0.39, 0.29) is 17.2 Å². The molecule has 3 aromatic rings. The molecular weight excluding hydrogens is 374 g/mol. The van der Waals surface area contributed by atoms with E-state index in [1.54, 1.807) is 49.6 Å². The maximum atomic E-state index is 13.1. The van der Waals surface area contributed by atoms with Gasteiger partial charge in [0.1, 0.15) is 11.5 Å². The fourth-order valence-electron chi connectivity index (χ4n) is 2.95. The minimum absolute atomic E-state index is 0.166. The smallest absolute Gasteiger partial charge is 0.279 e. The molecule has 0 saturated heterocycles. The largest absolute Gasteiger partial charge is 0.497 e. The lowest BCUT2D eigenvalue weighted by Gasteiger charge is -2.13. The number of hydrogen-bond donors (Lipinski definition) is 1. The van der Waals surface area contributed by atoms with Crippen LogP contribution in [0.1, 0.15) is 16.9 Å². The summed E-state index contributed by atoms with van der Waals surface area (Å²) in [7, 11) is 4.65. The van der Waals surface area contributed by atoms with Crippen LogP contribution in [0.3, 0.4) is 0 Å². The lowest BCUT2D eigenvalue weighted by atomic mass is 10.1. The average molecular weight is 397 g/mol. The molecule has 2 aromatic carbocycles. The molecular formula is C21H23N3O5. The van der Waals surface area contributed by atoms with Gasteiger partial charge in [-0.15, -0.1) is 0 Å². The maximum absolute atomic E-state index is 13.1. The molecule has 0 unspecified atom stereocenters. The molecule has 29 heavy (non-hydrogen) atoms. The topological polar surface area (TPSA) is 91.7 Å². The highest BCUT2D eigenvalue weighted by Gasteiger charge is 2.18. The molecule has 3 rings (SSSR count). The summed E-state index contributed by atoms with van der Waals surface area (Å²) in [6.45, 7) is 0.979. The van der Waals surface area contributed by atoms with E-state index in [4.69, 9.17) is 14.2 Å². The third kappa shape index (κ3) is 4.38. The number of aromatic nitrogens is 2. The average Bonchev–Trinajstić information content (AvgIpc) is 2.76. The van der Waals surface area contributed by atoms with Crippen LogP contribution >= 0.6 is 0 Å². The molecule has 0 fully saturated rings. The van der Waals surface area contributed by atoms with Crippen LogP contribution in [-0.2, 0) is 4.74 Å². The molecule has 0 aliphatic heterocycles. The first-order valence-electron chi connectivity index (χ1n) is 9.11. The number of amides is 1. The second-order valence-corrected chi connectivity index (χ2v) is 6.28. The van der Waals surface area contributed by atoms with Crippen LogP contribution in [0.25, 0.3) is 16.5 Å². The van der Waals surface area contributed by atoms with E-state index in [9.17, 15) is 9.59 Å². The Morgan fingerprint density at radius 1 is 1.03 bits per heavy atom. The van der Waals surface area contributed by atoms with Crippen molar-refractivity contribution < 1.29 is 19.0 Å². The Hall–Kier alpha value is -3.39. The monoisotopic (exact) mass is 397 g/mol. The lowest BCUT2D eigenvalue weighted by molar-refractivity contribution is 0.0944. The summed E-state index contributed by atoms with van der Waals surface area (Å²) in [4.78, 5) is 25.9. The number of benzene rings is 2. The van der Waals surface area contributed by atoms with E-state index in [0.717, 1.165) is 0 Å². The van der Waals surface area contributed by atoms with Gasteiger partial charge in [0.25, 0.3) is 11.5 Å². The van der Waals surface area contributed by atoms with Crippen LogP contribution in [0.2, 0.25) is 0 Å². The van der Waals surface area contributed by atoms with Crippen molar-refractivity contribution in [3.63, 3.8) is 0 Å². The zero-order valence-corrected chi connectivity index (χ0v) is 16.6. The summed E-state index contributed by atoms with van der Waals surface area (Å²) in [5.41, 5.74) is 0.261. The predicted molar refractivity (Wildman–Crippen MR) is 109 cm³/mol. The minimum Gasteiger partial charge on any atom is -0.497 e. The van der Waals surface area contributed by atoms with Crippen molar-refractivity contribution in [2.24, 2.45) is 0 Å². The second kappa shape index (κ2) is 9.20. The van der Waals surface area contributed by atoms with Crippen molar-refractivity contribution in [3.05, 3.63) is 58.5 Å². The van der Waals surface area contributed by atoms with Gasteiger partial charge in [-0.2, -0.15) is 9.78 Å². The summed E-state index contributed by atoms with van der Waals surface area (Å²) in [6.07, 6.45) is 0.674. The van der Waals surface area contributed by atoms with Crippen molar-refractivity contribution in [1.82, 2.24) is 15.1 Å². The highest BCUT2D eigenvalue weighted by molar-refractivity contribution is 6.04. The maximum Gasteiger partial charge on any atom is 0.279 e. The molecule has 1 aromatic heterocycles. The van der Waals surface area contributed by atoms with Gasteiger partial charge < -0.3 is 19.5 Å². The highest BCUT2D eigenvalue weighted by atomic mass is 16.5. The number of ether oxygens (including phenoxy) is 3. The number of nitrogens with one attached hydrogen (secondary N) is 1. The minimum atomic E-state index is -0.360. The van der Waals surface area contributed by atoms with Crippen LogP contribution in [0.15, 0.2) is 47.3 Å². The quantitative estimate of drug-likeness (QED) is 0.586. The molecule has 0 radical (unpaired) electrons. The first-order valence-corrected chi connectivity index (χ1v) is 9.11. The number of methoxy groups -OCH3 is 3. The first kappa shape index (κ1) is 20.3. The zero-order valence-electron chi connectivity index (χ0n) is 16.6. The van der Waals surface area contributed by atoms with E-state index in [2.05, 4.69) is 10.4 Å². The van der Waals surface area contributed by atoms with Gasteiger partial charge in [0.05, 0.1) is 25.3 Å². The predicted octanol–water partition coefficient (Wildman–Crippen LogP) is 2.17. The highest BCUT2D eigenvalue weighted by Crippen LogP contribution is 2.24. The number of nitrogens with zero attached hydrogens (tertiary/aromatic N) is 2. The van der Waals surface area contributed by atoms with Crippen LogP contribution in [0.4, 0.5) is 0 Å². The van der Waals surface area contributed by atoms with Crippen molar-refractivity contribution >= 4 is 16.7 Å². The van der Waals surface area contributed by atoms with Crippen LogP contribution in [0, 0.1) is 0 Å². The molecule has 8 nitrogen and oxygen atoms in total. The van der Waals surface area contributed by atoms with Gasteiger partial charge >= 0.3 is 0 Å². The zero-order chi connectivity index (χ0) is 20.8. The first-order chi connectivity index (χ1) is 14.1. The van der Waals surface area contributed by atoms with Crippen LogP contribution < -0.4 is 20.3 Å². The summed E-state index contributed by atoms with van der Waals surface area (Å²) < 4.78 is 16.8. The number of rotatable bonds is 8. The number of carbonyl (C=O) groups excluding carboxylic acids is 1. The molecule has 1 heterocycles. The Kier molecular flexibility index (Phi) is 6.46. The molecule has 0 bridgehead atoms. The van der Waals surface area contributed by atoms with Crippen molar-refractivity contribution in [1.29, 1.82) is 0 Å². The van der Waals surface area contributed by atoms with Gasteiger partial charge in [-0.3, -0.25) is 9.59 Å². The van der Waals surface area contributed by atoms with Crippen molar-refractivity contribution in [2.75, 3.05) is 34.5 Å². The van der Waals surface area contributed by atoms with Crippen LogP contribution in [0.5, 0.6) is 11.5 Å². The van der Waals surface area contributed by atoms with Crippen LogP contribution in [-0.4, -0.2) is 50.2 Å². The molecule has 0 aliphatic carbocycles. The summed E-state index contributed by atoms with van der Waals surface area (Å²) in [5, 5.41) is 8.08. The van der Waals surface area contributed by atoms with Gasteiger partial charge in [0.15, 0.2) is 5.69 Å². The SMILES string of the molecule is COCCCNC(=O)c1nn(-c2cc(OC)cc(OC)c2)c(=O)c2ccccc12. The Bertz CT molecular complexity index is 1060. The molecule has 0 saturated carbocycles. The van der Waals surface area contributed by atoms with Gasteiger partial charge in [0, 0.05) is 43.8 Å². The Morgan fingerprint density at radius 2 is 1.69 bits per heavy atom. The molecule has 1 amide bonds. The van der Waals surface area contributed by atoms with Gasteiger partial charge in [-0.1, -0.05) is 18.2 Å². The Labute approximate surface area is 168 Å². The second-order valence-electron chi connectivity index (χ2n) is 6.28. The molecule has 0 spiro atoms. The van der Waals surface area contributed by atoms with E-state index in [0.29, 0.717) is 47.5 Å². The number of carbonyl (C=O) groups is 1. The number of hydrogen-bond acceptors (Lipinski definition) is 6. The van der Waals surface area contributed by atoms with E-state index in [1.807, 2.05) is 0 Å². The molecule has 0 aliphatic rings. The van der Waals surface area contributed by atoms with Gasteiger partial charge in [-0.25, -0.2) is 0 Å². The van der Waals surface area contributed by atoms with E-state index in [1.165, 1.54) is 18.9 Å². The third-order valence-electron chi connectivity index (χ3n) is 4.41. The van der Waals surface area contributed by atoms with Gasteiger partial charge in [0.2, 0.25) is 0 Å². The lowest BCUT2D eigenvalue weighted by Crippen LogP contribution is -2.30. The van der Waals surface area contributed by atoms with E-state index < -0.39 is 0 Å². The van der Waals surface area contributed by atoms with E-state index >= 15 is 0 Å². The number of fused-ring (bicyclic) bond motifs is 1. The normalized spacial score (nSPS) is 10.7. The summed E-state index contributed by atoms with van der Waals surface area (Å²) in [5.74, 6) is 0.652. The fraction of sp³-hybridized carbons (Fsp3) is 0.286. The van der Waals surface area contributed by atoms with Crippen molar-refractivity contribution in [3.8, 4) is 17.2 Å². The molecule has 8 heteroatoms. The van der Waals surface area contributed by atoms with Gasteiger partial charge in [-0.05, 0) is 12.5 Å². The van der Waals surface area contributed by atoms with Crippen molar-refractivity contribution in [2.45, 2.75) is 6.42 Å². The Balaban J connectivity index is 2.13. The third-order valence-corrected chi connectivity index (χ3v) is 4.41. The molecule has 0 atom stereocenters. The Morgan fingerprint density at radius 3 is 2.31 bits per heavy atom. The fourth-order valence-corrected chi connectivity index (χ4v) is 2.95. The summed E-state index contributed by atoms with van der Waals surface area (Å²) in [6, 6.07) is 11.9. The molecule has 152 valence electrons. The molecule has 1 N–H and O–H groups in total. The summed E-state index contributed by atoms with van der Waals surface area (Å²) >= 11 is 0.